The van der Waals surface area contributed by atoms with Gasteiger partial charge in [-0.15, -0.1) is 0 Å². The zero-order valence-corrected chi connectivity index (χ0v) is 21.6. The van der Waals surface area contributed by atoms with E-state index in [2.05, 4.69) is 0 Å². The highest BCUT2D eigenvalue weighted by atomic mass is 16.5. The summed E-state index contributed by atoms with van der Waals surface area (Å²) in [5.41, 5.74) is 0.439. The number of benzene rings is 4. The van der Waals surface area contributed by atoms with Crippen LogP contribution in [0.3, 0.4) is 0 Å². The minimum absolute atomic E-state index is 0.0557. The molecule has 5 atom stereocenters. The highest BCUT2D eigenvalue weighted by Gasteiger charge is 2.45. The summed E-state index contributed by atoms with van der Waals surface area (Å²) >= 11 is 0. The van der Waals surface area contributed by atoms with Crippen molar-refractivity contribution >= 4 is 0 Å². The molecule has 0 amide bonds. The SMILES string of the molecule is Oc1cc(O)c2c(c1)O[C@H](c1ccc(O)c(O)c1)[C@@H](O)[C@@H]2c1c(O)cc2c(c1O)CO[C@H](c1ccc(O)c(O)c1)[C@@H]2O. The van der Waals surface area contributed by atoms with Crippen LogP contribution in [0.25, 0.3) is 0 Å². The van der Waals surface area contributed by atoms with Crippen LogP contribution in [-0.4, -0.2) is 57.2 Å². The second-order valence-corrected chi connectivity index (χ2v) is 10.3. The summed E-state index contributed by atoms with van der Waals surface area (Å²) in [6.45, 7) is -0.263. The van der Waals surface area contributed by atoms with Crippen molar-refractivity contribution in [2.75, 3.05) is 0 Å². The van der Waals surface area contributed by atoms with Crippen LogP contribution in [0.15, 0.2) is 54.6 Å². The van der Waals surface area contributed by atoms with E-state index in [9.17, 15) is 51.1 Å². The third kappa shape index (κ3) is 4.20. The molecule has 2 aliphatic heterocycles. The van der Waals surface area contributed by atoms with Crippen molar-refractivity contribution in [3.8, 4) is 51.7 Å². The monoisotopic (exact) mass is 578 g/mol. The van der Waals surface area contributed by atoms with Gasteiger partial charge in [-0.3, -0.25) is 0 Å². The van der Waals surface area contributed by atoms with Crippen molar-refractivity contribution in [1.29, 1.82) is 0 Å². The Morgan fingerprint density at radius 3 is 1.81 bits per heavy atom. The molecule has 2 heterocycles. The summed E-state index contributed by atoms with van der Waals surface area (Å²) in [5, 5.41) is 106. The summed E-state index contributed by atoms with van der Waals surface area (Å²) in [5.74, 6) is -5.08. The highest BCUT2D eigenvalue weighted by molar-refractivity contribution is 5.64. The predicted octanol–water partition coefficient (Wildman–Crippen LogP) is 3.26. The first-order valence-electron chi connectivity index (χ1n) is 12.8. The van der Waals surface area contributed by atoms with Gasteiger partial charge < -0.3 is 60.5 Å². The Balaban J connectivity index is 1.48. The lowest BCUT2D eigenvalue weighted by molar-refractivity contribution is -0.0666. The van der Waals surface area contributed by atoms with Crippen LogP contribution in [-0.2, 0) is 11.3 Å². The van der Waals surface area contributed by atoms with E-state index in [0.29, 0.717) is 5.56 Å². The van der Waals surface area contributed by atoms with E-state index in [1.807, 2.05) is 0 Å². The second-order valence-electron chi connectivity index (χ2n) is 10.3. The van der Waals surface area contributed by atoms with Crippen LogP contribution in [0, 0.1) is 0 Å². The Labute approximate surface area is 237 Å². The molecule has 0 bridgehead atoms. The smallest absolute Gasteiger partial charge is 0.157 e. The fourth-order valence-corrected chi connectivity index (χ4v) is 5.74. The van der Waals surface area contributed by atoms with Crippen LogP contribution < -0.4 is 4.74 Å². The van der Waals surface area contributed by atoms with E-state index >= 15 is 0 Å². The molecule has 0 saturated heterocycles. The number of fused-ring (bicyclic) bond motifs is 2. The number of hydrogen-bond acceptors (Lipinski definition) is 12. The van der Waals surface area contributed by atoms with Gasteiger partial charge in [0.25, 0.3) is 0 Å². The molecule has 4 aromatic rings. The predicted molar refractivity (Wildman–Crippen MR) is 143 cm³/mol. The van der Waals surface area contributed by atoms with Crippen molar-refractivity contribution < 1.29 is 60.5 Å². The van der Waals surface area contributed by atoms with Gasteiger partial charge in [-0.05, 0) is 47.0 Å². The lowest BCUT2D eigenvalue weighted by Gasteiger charge is -2.39. The number of aliphatic hydroxyl groups is 2. The molecule has 12 nitrogen and oxygen atoms in total. The van der Waals surface area contributed by atoms with Crippen LogP contribution in [0.2, 0.25) is 0 Å². The molecular weight excluding hydrogens is 552 g/mol. The van der Waals surface area contributed by atoms with Crippen LogP contribution >= 0.6 is 0 Å². The Bertz CT molecular complexity index is 1720. The third-order valence-corrected chi connectivity index (χ3v) is 7.76. The van der Waals surface area contributed by atoms with Crippen molar-refractivity contribution in [2.24, 2.45) is 0 Å². The van der Waals surface area contributed by atoms with Gasteiger partial charge in [-0.25, -0.2) is 0 Å². The van der Waals surface area contributed by atoms with Crippen molar-refractivity contribution in [3.63, 3.8) is 0 Å². The maximum atomic E-state index is 11.6. The van der Waals surface area contributed by atoms with E-state index in [1.54, 1.807) is 0 Å². The number of hydrogen-bond donors (Lipinski definition) is 10. The van der Waals surface area contributed by atoms with Gasteiger partial charge in [0.05, 0.1) is 12.5 Å². The molecule has 0 fully saturated rings. The minimum atomic E-state index is -1.60. The fraction of sp³-hybridized carbons (Fsp3) is 0.200. The van der Waals surface area contributed by atoms with Crippen LogP contribution in [0.1, 0.15) is 57.6 Å². The molecule has 0 saturated carbocycles. The number of aliphatic hydroxyl groups excluding tert-OH is 2. The minimum Gasteiger partial charge on any atom is -0.508 e. The standard InChI is InChI=1S/C30H26O12/c31-13-7-20(36)23-22(8-13)42-30(12-2-4-17(33)19(35)6-12)28(40)25(23)24-21(37)9-14-15(26(24)38)10-41-29(27(14)39)11-1-3-16(32)18(34)5-11/h1-9,25,27-40H,10H2/t25-,27+,28-,29+,30+/m0/s1. The Hall–Kier alpha value is -5.04. The van der Waals surface area contributed by atoms with E-state index in [1.165, 1.54) is 42.5 Å². The molecule has 10 N–H and O–H groups in total. The molecule has 0 unspecified atom stereocenters. The Kier molecular flexibility index (Phi) is 6.34. The van der Waals surface area contributed by atoms with Gasteiger partial charge in [0.15, 0.2) is 29.1 Å². The van der Waals surface area contributed by atoms with Crippen molar-refractivity contribution in [2.45, 2.75) is 36.9 Å². The molecule has 6 rings (SSSR count). The molecule has 0 radical (unpaired) electrons. The number of aromatic hydroxyl groups is 8. The zero-order chi connectivity index (χ0) is 30.0. The van der Waals surface area contributed by atoms with Crippen LogP contribution in [0.4, 0.5) is 0 Å². The molecule has 0 spiro atoms. The molecule has 218 valence electrons. The zero-order valence-electron chi connectivity index (χ0n) is 21.6. The molecule has 4 aromatic carbocycles. The summed E-state index contributed by atoms with van der Waals surface area (Å²) in [4.78, 5) is 0. The topological polar surface area (TPSA) is 221 Å². The molecule has 2 aliphatic rings. The van der Waals surface area contributed by atoms with E-state index in [4.69, 9.17) is 9.47 Å². The van der Waals surface area contributed by atoms with E-state index in [-0.39, 0.29) is 51.7 Å². The van der Waals surface area contributed by atoms with Gasteiger partial charge in [0, 0.05) is 28.8 Å². The maximum Gasteiger partial charge on any atom is 0.157 e. The third-order valence-electron chi connectivity index (χ3n) is 7.76. The number of phenolic OH excluding ortho intramolecular Hbond substituents is 8. The second kappa shape index (κ2) is 9.80. The number of phenols is 8. The highest BCUT2D eigenvalue weighted by Crippen LogP contribution is 2.56. The van der Waals surface area contributed by atoms with E-state index < -0.39 is 64.8 Å². The molecular formula is C30H26O12. The normalized spacial score (nSPS) is 23.0. The van der Waals surface area contributed by atoms with Gasteiger partial charge in [-0.2, -0.15) is 0 Å². The van der Waals surface area contributed by atoms with Gasteiger partial charge in [0.2, 0.25) is 0 Å². The lowest BCUT2D eigenvalue weighted by Crippen LogP contribution is -2.35. The summed E-state index contributed by atoms with van der Waals surface area (Å²) < 4.78 is 11.7. The summed E-state index contributed by atoms with van der Waals surface area (Å²) in [6.07, 6.45) is -5.32. The molecule has 42 heavy (non-hydrogen) atoms. The van der Waals surface area contributed by atoms with Gasteiger partial charge in [0.1, 0.15) is 47.1 Å². The molecule has 12 heteroatoms. The summed E-state index contributed by atoms with van der Waals surface area (Å²) in [6, 6.07) is 11.0. The Morgan fingerprint density at radius 2 is 1.19 bits per heavy atom. The summed E-state index contributed by atoms with van der Waals surface area (Å²) in [7, 11) is 0. The maximum absolute atomic E-state index is 11.6. The number of rotatable bonds is 3. The molecule has 0 aliphatic carbocycles. The average molecular weight is 579 g/mol. The Morgan fingerprint density at radius 1 is 0.595 bits per heavy atom. The fourth-order valence-electron chi connectivity index (χ4n) is 5.74. The first-order valence-corrected chi connectivity index (χ1v) is 12.8. The lowest BCUT2D eigenvalue weighted by atomic mass is 9.77. The first kappa shape index (κ1) is 27.1. The van der Waals surface area contributed by atoms with Crippen molar-refractivity contribution in [1.82, 2.24) is 0 Å². The molecule has 0 aromatic heterocycles. The van der Waals surface area contributed by atoms with Gasteiger partial charge in [-0.1, -0.05) is 12.1 Å². The van der Waals surface area contributed by atoms with Gasteiger partial charge >= 0.3 is 0 Å². The average Bonchev–Trinajstić information content (AvgIpc) is 2.93. The van der Waals surface area contributed by atoms with Crippen LogP contribution in [0.5, 0.6) is 51.7 Å². The largest absolute Gasteiger partial charge is 0.508 e. The van der Waals surface area contributed by atoms with E-state index in [0.717, 1.165) is 12.1 Å². The first-order chi connectivity index (χ1) is 20.0. The number of ether oxygens (including phenoxy) is 2. The van der Waals surface area contributed by atoms with Crippen molar-refractivity contribution in [3.05, 3.63) is 88.0 Å². The quantitative estimate of drug-likeness (QED) is 0.158.